The second-order valence-corrected chi connectivity index (χ2v) is 8.75. The van der Waals surface area contributed by atoms with Gasteiger partial charge < -0.3 is 25.0 Å². The van der Waals surface area contributed by atoms with E-state index in [1.165, 1.54) is 0 Å². The Kier molecular flexibility index (Phi) is 6.49. The van der Waals surface area contributed by atoms with Gasteiger partial charge in [-0.3, -0.25) is 4.98 Å². The molecule has 0 aliphatic carbocycles. The summed E-state index contributed by atoms with van der Waals surface area (Å²) in [6.45, 7) is 6.76. The number of aromatic carboxylic acids is 1. The molecule has 172 valence electrons. The zero-order chi connectivity index (χ0) is 23.7. The Labute approximate surface area is 198 Å². The molecule has 1 fully saturated rings. The fourth-order valence-electron chi connectivity index (χ4n) is 4.67. The number of nitrogens with one attached hydrogen (secondary N) is 1. The zero-order valence-corrected chi connectivity index (χ0v) is 19.8. The van der Waals surface area contributed by atoms with Gasteiger partial charge in [0, 0.05) is 36.4 Å². The van der Waals surface area contributed by atoms with Crippen LogP contribution >= 0.6 is 12.2 Å². The van der Waals surface area contributed by atoms with Gasteiger partial charge in [-0.05, 0) is 80.9 Å². The van der Waals surface area contributed by atoms with Crippen molar-refractivity contribution in [2.75, 3.05) is 13.2 Å². The molecule has 2 atom stereocenters. The molecular formula is C25H28N4O3S. The molecule has 1 aliphatic rings. The SMILES string of the molecule is Cc1ccc(C(=O)O)cc1-n1c(C)cc(C2C(c3ccccn3)NC(=S)N2CCCO)c1C. The van der Waals surface area contributed by atoms with E-state index in [4.69, 9.17) is 12.2 Å². The predicted molar refractivity (Wildman–Crippen MR) is 131 cm³/mol. The Bertz CT molecular complexity index is 1190. The first kappa shape index (κ1) is 22.9. The number of carboxylic acid groups (broad SMARTS) is 1. The van der Waals surface area contributed by atoms with E-state index < -0.39 is 5.97 Å². The number of benzene rings is 1. The van der Waals surface area contributed by atoms with Gasteiger partial charge in [-0.1, -0.05) is 12.1 Å². The number of hydrogen-bond acceptors (Lipinski definition) is 4. The molecule has 1 saturated heterocycles. The first-order chi connectivity index (χ1) is 15.8. The maximum atomic E-state index is 11.6. The molecule has 1 aliphatic heterocycles. The van der Waals surface area contributed by atoms with E-state index in [1.807, 2.05) is 38.1 Å². The van der Waals surface area contributed by atoms with Crippen LogP contribution < -0.4 is 5.32 Å². The Balaban J connectivity index is 1.85. The average Bonchev–Trinajstić information content (AvgIpc) is 3.28. The maximum absolute atomic E-state index is 11.6. The van der Waals surface area contributed by atoms with Crippen LogP contribution in [-0.4, -0.2) is 48.9 Å². The summed E-state index contributed by atoms with van der Waals surface area (Å²) in [4.78, 5) is 18.3. The third-order valence-corrected chi connectivity index (χ3v) is 6.59. The molecule has 7 nitrogen and oxygen atoms in total. The summed E-state index contributed by atoms with van der Waals surface area (Å²) < 4.78 is 2.11. The van der Waals surface area contributed by atoms with E-state index in [0.29, 0.717) is 18.1 Å². The second kappa shape index (κ2) is 9.33. The van der Waals surface area contributed by atoms with E-state index >= 15 is 0 Å². The molecule has 3 heterocycles. The van der Waals surface area contributed by atoms with E-state index in [0.717, 1.165) is 33.9 Å². The minimum atomic E-state index is -0.949. The highest BCUT2D eigenvalue weighted by Crippen LogP contribution is 2.41. The Morgan fingerprint density at radius 2 is 1.97 bits per heavy atom. The van der Waals surface area contributed by atoms with Crippen LogP contribution in [0.3, 0.4) is 0 Å². The fourth-order valence-corrected chi connectivity index (χ4v) is 5.00. The monoisotopic (exact) mass is 464 g/mol. The average molecular weight is 465 g/mol. The largest absolute Gasteiger partial charge is 0.478 e. The molecular weight excluding hydrogens is 436 g/mol. The van der Waals surface area contributed by atoms with Crippen molar-refractivity contribution in [3.8, 4) is 5.69 Å². The topological polar surface area (TPSA) is 90.6 Å². The Morgan fingerprint density at radius 3 is 2.64 bits per heavy atom. The summed E-state index contributed by atoms with van der Waals surface area (Å²) >= 11 is 5.68. The van der Waals surface area contributed by atoms with E-state index in [-0.39, 0.29) is 24.3 Å². The number of carbonyl (C=O) groups is 1. The van der Waals surface area contributed by atoms with Crippen LogP contribution in [0.15, 0.2) is 48.7 Å². The maximum Gasteiger partial charge on any atom is 0.335 e. The highest BCUT2D eigenvalue weighted by molar-refractivity contribution is 7.80. The lowest BCUT2D eigenvalue weighted by Gasteiger charge is -2.28. The van der Waals surface area contributed by atoms with Gasteiger partial charge in [0.25, 0.3) is 0 Å². The quantitative estimate of drug-likeness (QED) is 0.458. The number of aromatic nitrogens is 2. The Morgan fingerprint density at radius 1 is 1.18 bits per heavy atom. The van der Waals surface area contributed by atoms with Crippen LogP contribution in [0.1, 0.15) is 57.1 Å². The van der Waals surface area contributed by atoms with Gasteiger partial charge in [-0.25, -0.2) is 4.79 Å². The molecule has 2 aromatic heterocycles. The van der Waals surface area contributed by atoms with Gasteiger partial charge in [-0.2, -0.15) is 0 Å². The molecule has 4 rings (SSSR count). The van der Waals surface area contributed by atoms with Crippen molar-refractivity contribution in [2.45, 2.75) is 39.3 Å². The summed E-state index contributed by atoms with van der Waals surface area (Å²) in [7, 11) is 0. The van der Waals surface area contributed by atoms with Crippen molar-refractivity contribution >= 4 is 23.3 Å². The zero-order valence-electron chi connectivity index (χ0n) is 18.9. The third-order valence-electron chi connectivity index (χ3n) is 6.24. The number of nitrogens with zero attached hydrogens (tertiary/aromatic N) is 3. The summed E-state index contributed by atoms with van der Waals surface area (Å²) in [5, 5.41) is 23.0. The molecule has 8 heteroatoms. The highest BCUT2D eigenvalue weighted by atomic mass is 32.1. The van der Waals surface area contributed by atoms with Gasteiger partial charge in [0.15, 0.2) is 5.11 Å². The second-order valence-electron chi connectivity index (χ2n) is 8.37. The molecule has 0 amide bonds. The minimum Gasteiger partial charge on any atom is -0.478 e. The number of hydrogen-bond donors (Lipinski definition) is 3. The summed E-state index contributed by atoms with van der Waals surface area (Å²) in [6.07, 6.45) is 2.38. The molecule has 33 heavy (non-hydrogen) atoms. The van der Waals surface area contributed by atoms with Gasteiger partial charge in [-0.15, -0.1) is 0 Å². The lowest BCUT2D eigenvalue weighted by atomic mass is 9.96. The molecule has 0 spiro atoms. The van der Waals surface area contributed by atoms with Gasteiger partial charge in [0.05, 0.1) is 23.3 Å². The van der Waals surface area contributed by atoms with Crippen molar-refractivity contribution in [1.29, 1.82) is 0 Å². The third kappa shape index (κ3) is 4.24. The van der Waals surface area contributed by atoms with Crippen LogP contribution in [-0.2, 0) is 0 Å². The van der Waals surface area contributed by atoms with Crippen molar-refractivity contribution < 1.29 is 15.0 Å². The first-order valence-corrected chi connectivity index (χ1v) is 11.4. The summed E-state index contributed by atoms with van der Waals surface area (Å²) in [6, 6.07) is 12.9. The molecule has 0 saturated carbocycles. The molecule has 0 bridgehead atoms. The molecule has 3 aromatic rings. The molecule has 0 radical (unpaired) electrons. The van der Waals surface area contributed by atoms with Crippen LogP contribution in [0.4, 0.5) is 0 Å². The smallest absolute Gasteiger partial charge is 0.335 e. The lowest BCUT2D eigenvalue weighted by molar-refractivity contribution is 0.0697. The first-order valence-electron chi connectivity index (χ1n) is 11.0. The number of thiocarbonyl (C=S) groups is 1. The summed E-state index contributed by atoms with van der Waals surface area (Å²) in [5.41, 5.74) is 6.10. The van der Waals surface area contributed by atoms with Crippen molar-refractivity contribution in [3.63, 3.8) is 0 Å². The van der Waals surface area contributed by atoms with Gasteiger partial charge in [0.2, 0.25) is 0 Å². The Hall–Kier alpha value is -3.23. The van der Waals surface area contributed by atoms with Crippen molar-refractivity contribution in [1.82, 2.24) is 19.8 Å². The molecule has 3 N–H and O–H groups in total. The standard InChI is InChI=1S/C25H28N4O3S/c1-15-8-9-18(24(31)32)14-21(15)29-16(2)13-19(17(29)3)23-22(20-7-4-5-10-26-20)27-25(33)28(23)11-6-12-30/h4-5,7-10,13-14,22-23,30H,6,11-12H2,1-3H3,(H,27,33)(H,31,32). The van der Waals surface area contributed by atoms with E-state index in [2.05, 4.69) is 32.8 Å². The van der Waals surface area contributed by atoms with Crippen LogP contribution in [0, 0.1) is 20.8 Å². The van der Waals surface area contributed by atoms with Crippen molar-refractivity contribution in [2.24, 2.45) is 0 Å². The van der Waals surface area contributed by atoms with E-state index in [9.17, 15) is 15.0 Å². The fraction of sp³-hybridized carbons (Fsp3) is 0.320. The number of rotatable bonds is 7. The lowest BCUT2D eigenvalue weighted by Crippen LogP contribution is -2.31. The number of aryl methyl sites for hydroxylation is 2. The van der Waals surface area contributed by atoms with Crippen LogP contribution in [0.25, 0.3) is 5.69 Å². The molecule has 1 aromatic carbocycles. The number of carboxylic acids is 1. The van der Waals surface area contributed by atoms with Crippen LogP contribution in [0.5, 0.6) is 0 Å². The summed E-state index contributed by atoms with van der Waals surface area (Å²) in [5.74, 6) is -0.949. The number of aliphatic hydroxyl groups excluding tert-OH is 1. The molecule has 2 unspecified atom stereocenters. The van der Waals surface area contributed by atoms with Gasteiger partial charge in [0.1, 0.15) is 0 Å². The van der Waals surface area contributed by atoms with E-state index in [1.54, 1.807) is 18.3 Å². The highest BCUT2D eigenvalue weighted by Gasteiger charge is 2.41. The van der Waals surface area contributed by atoms with Crippen LogP contribution in [0.2, 0.25) is 0 Å². The number of aliphatic hydroxyl groups is 1. The number of pyridine rings is 1. The minimum absolute atomic E-state index is 0.0836. The van der Waals surface area contributed by atoms with Crippen molar-refractivity contribution in [3.05, 3.63) is 82.4 Å². The predicted octanol–water partition coefficient (Wildman–Crippen LogP) is 3.85. The normalized spacial score (nSPS) is 17.9. The van der Waals surface area contributed by atoms with Gasteiger partial charge >= 0.3 is 5.97 Å².